The number of carbonyl (C=O) groups is 2. The second-order valence-electron chi connectivity index (χ2n) is 1.71. The molecule has 0 fully saturated rings. The summed E-state index contributed by atoms with van der Waals surface area (Å²) in [5.41, 5.74) is 0. The van der Waals surface area contributed by atoms with E-state index in [0.29, 0.717) is 0 Å². The molecule has 0 aliphatic heterocycles. The minimum atomic E-state index is -1.02. The molecule has 70 valence electrons. The summed E-state index contributed by atoms with van der Waals surface area (Å²) in [5.74, 6) is 0. The molecule has 0 aromatic rings. The van der Waals surface area contributed by atoms with Gasteiger partial charge in [0, 0.05) is 6.92 Å². The van der Waals surface area contributed by atoms with Crippen molar-refractivity contribution in [3.05, 3.63) is 0 Å². The summed E-state index contributed by atoms with van der Waals surface area (Å²) in [6.07, 6.45) is -2.87. The predicted octanol–water partition coefficient (Wildman–Crippen LogP) is 0.898. The van der Waals surface area contributed by atoms with Crippen LogP contribution in [0.1, 0.15) is 6.92 Å². The first-order valence-electron chi connectivity index (χ1n) is 3.09. The summed E-state index contributed by atoms with van der Waals surface area (Å²) < 4.78 is 17.1. The molecule has 0 aromatic carbocycles. The average Bonchev–Trinajstić information content (AvgIpc) is 2.03. The molecule has 0 heterocycles. The Labute approximate surface area is 69.3 Å². The fourth-order valence-electron chi connectivity index (χ4n) is 0.391. The van der Waals surface area contributed by atoms with Crippen LogP contribution in [0.4, 0.5) is 9.59 Å². The van der Waals surface area contributed by atoms with Gasteiger partial charge in [-0.15, -0.1) is 0 Å². The zero-order valence-corrected chi connectivity index (χ0v) is 7.03. The van der Waals surface area contributed by atoms with Crippen molar-refractivity contribution < 1.29 is 28.5 Å². The maximum Gasteiger partial charge on any atom is 0.511 e. The van der Waals surface area contributed by atoms with E-state index in [1.165, 1.54) is 6.92 Å². The van der Waals surface area contributed by atoms with E-state index in [2.05, 4.69) is 18.9 Å². The molecule has 0 aromatic heterocycles. The van der Waals surface area contributed by atoms with Crippen LogP contribution in [-0.4, -0.2) is 32.8 Å². The highest BCUT2D eigenvalue weighted by Gasteiger charge is 2.13. The number of ether oxygens (including phenoxy) is 4. The van der Waals surface area contributed by atoms with Crippen LogP contribution in [0.2, 0.25) is 0 Å². The van der Waals surface area contributed by atoms with Crippen molar-refractivity contribution in [1.29, 1.82) is 0 Å². The van der Waals surface area contributed by atoms with Crippen LogP contribution in [0.5, 0.6) is 0 Å². The Morgan fingerprint density at radius 3 is 1.58 bits per heavy atom. The van der Waals surface area contributed by atoms with Gasteiger partial charge >= 0.3 is 12.3 Å². The molecule has 12 heavy (non-hydrogen) atoms. The lowest BCUT2D eigenvalue weighted by Crippen LogP contribution is -2.21. The summed E-state index contributed by atoms with van der Waals surface area (Å²) >= 11 is 0. The summed E-state index contributed by atoms with van der Waals surface area (Å²) in [4.78, 5) is 20.8. The largest absolute Gasteiger partial charge is 0.511 e. The van der Waals surface area contributed by atoms with Crippen molar-refractivity contribution in [3.63, 3.8) is 0 Å². The summed E-state index contributed by atoms with van der Waals surface area (Å²) in [5, 5.41) is 0. The van der Waals surface area contributed by atoms with Crippen LogP contribution in [0.15, 0.2) is 0 Å². The van der Waals surface area contributed by atoms with Gasteiger partial charge in [0.25, 0.3) is 6.29 Å². The third-order valence-electron chi connectivity index (χ3n) is 0.858. The molecule has 0 saturated heterocycles. The van der Waals surface area contributed by atoms with Crippen LogP contribution in [0.25, 0.3) is 0 Å². The lowest BCUT2D eigenvalue weighted by atomic mass is 10.7. The molecular formula is C6H10O6. The monoisotopic (exact) mass is 178 g/mol. The summed E-state index contributed by atoms with van der Waals surface area (Å²) in [6.45, 7) is 1.36. The quantitative estimate of drug-likeness (QED) is 0.462. The topological polar surface area (TPSA) is 71.1 Å². The molecule has 0 N–H and O–H groups in total. The molecular weight excluding hydrogens is 168 g/mol. The van der Waals surface area contributed by atoms with E-state index in [-0.39, 0.29) is 0 Å². The normalized spacial score (nSPS) is 9.00. The Balaban J connectivity index is 3.66. The zero-order valence-electron chi connectivity index (χ0n) is 7.03. The Morgan fingerprint density at radius 1 is 1.00 bits per heavy atom. The third kappa shape index (κ3) is 4.37. The van der Waals surface area contributed by atoms with Gasteiger partial charge in [0.05, 0.1) is 14.2 Å². The molecule has 0 amide bonds. The Hall–Kier alpha value is -1.46. The van der Waals surface area contributed by atoms with Gasteiger partial charge in [-0.3, -0.25) is 0 Å². The standard InChI is InChI=1S/C6H10O6/c1-4(11-5(7)9-2)12-6(8)10-3/h4H,1-3H3. The SMILES string of the molecule is COC(=O)OC(C)OC(=O)OC. The third-order valence-corrected chi connectivity index (χ3v) is 0.858. The highest BCUT2D eigenvalue weighted by Crippen LogP contribution is 1.97. The highest BCUT2D eigenvalue weighted by atomic mass is 16.8. The fourth-order valence-corrected chi connectivity index (χ4v) is 0.391. The van der Waals surface area contributed by atoms with Crippen molar-refractivity contribution in [3.8, 4) is 0 Å². The van der Waals surface area contributed by atoms with Crippen LogP contribution in [0.3, 0.4) is 0 Å². The van der Waals surface area contributed by atoms with Crippen molar-refractivity contribution in [2.75, 3.05) is 14.2 Å². The first-order chi connectivity index (χ1) is 5.60. The van der Waals surface area contributed by atoms with E-state index in [1.54, 1.807) is 0 Å². The number of hydrogen-bond donors (Lipinski definition) is 0. The minimum Gasteiger partial charge on any atom is -0.438 e. The molecule has 0 aliphatic carbocycles. The van der Waals surface area contributed by atoms with E-state index in [9.17, 15) is 9.59 Å². The predicted molar refractivity (Wildman–Crippen MR) is 36.4 cm³/mol. The van der Waals surface area contributed by atoms with E-state index >= 15 is 0 Å². The van der Waals surface area contributed by atoms with Gasteiger partial charge in [-0.2, -0.15) is 0 Å². The molecule has 0 radical (unpaired) electrons. The Kier molecular flexibility index (Phi) is 4.59. The van der Waals surface area contributed by atoms with Crippen molar-refractivity contribution in [2.24, 2.45) is 0 Å². The molecule has 6 nitrogen and oxygen atoms in total. The second kappa shape index (κ2) is 5.22. The number of methoxy groups -OCH3 is 2. The van der Waals surface area contributed by atoms with Gasteiger partial charge in [0.15, 0.2) is 0 Å². The smallest absolute Gasteiger partial charge is 0.438 e. The molecule has 0 aliphatic rings. The van der Waals surface area contributed by atoms with Crippen molar-refractivity contribution >= 4 is 12.3 Å². The minimum absolute atomic E-state index is 0.925. The average molecular weight is 178 g/mol. The first kappa shape index (κ1) is 10.5. The van der Waals surface area contributed by atoms with Crippen molar-refractivity contribution in [1.82, 2.24) is 0 Å². The highest BCUT2D eigenvalue weighted by molar-refractivity contribution is 5.61. The maximum absolute atomic E-state index is 10.4. The van der Waals surface area contributed by atoms with E-state index < -0.39 is 18.6 Å². The Morgan fingerprint density at radius 2 is 1.33 bits per heavy atom. The van der Waals surface area contributed by atoms with Gasteiger partial charge in [0.2, 0.25) is 0 Å². The fraction of sp³-hybridized carbons (Fsp3) is 0.667. The van der Waals surface area contributed by atoms with Crippen LogP contribution in [-0.2, 0) is 18.9 Å². The van der Waals surface area contributed by atoms with Gasteiger partial charge in [-0.05, 0) is 0 Å². The number of rotatable bonds is 2. The zero-order chi connectivity index (χ0) is 9.56. The van der Waals surface area contributed by atoms with Crippen LogP contribution in [0, 0.1) is 0 Å². The lowest BCUT2D eigenvalue weighted by molar-refractivity contribution is -0.0871. The van der Waals surface area contributed by atoms with Crippen LogP contribution < -0.4 is 0 Å². The van der Waals surface area contributed by atoms with E-state index in [1.807, 2.05) is 0 Å². The molecule has 0 atom stereocenters. The van der Waals surface area contributed by atoms with Crippen LogP contribution >= 0.6 is 0 Å². The lowest BCUT2D eigenvalue weighted by Gasteiger charge is -2.11. The molecule has 0 spiro atoms. The summed E-state index contributed by atoms with van der Waals surface area (Å²) in [7, 11) is 2.29. The van der Waals surface area contributed by atoms with Crippen molar-refractivity contribution in [2.45, 2.75) is 13.2 Å². The number of hydrogen-bond acceptors (Lipinski definition) is 6. The molecule has 0 bridgehead atoms. The Bertz CT molecular complexity index is 147. The molecule has 6 heteroatoms. The number of carbonyl (C=O) groups excluding carboxylic acids is 2. The first-order valence-corrected chi connectivity index (χ1v) is 3.09. The molecule has 0 saturated carbocycles. The second-order valence-corrected chi connectivity index (χ2v) is 1.71. The van der Waals surface area contributed by atoms with E-state index in [4.69, 9.17) is 0 Å². The molecule has 0 unspecified atom stereocenters. The van der Waals surface area contributed by atoms with Gasteiger partial charge in [-0.1, -0.05) is 0 Å². The van der Waals surface area contributed by atoms with Gasteiger partial charge < -0.3 is 18.9 Å². The van der Waals surface area contributed by atoms with Gasteiger partial charge in [0.1, 0.15) is 0 Å². The van der Waals surface area contributed by atoms with Gasteiger partial charge in [-0.25, -0.2) is 9.59 Å². The summed E-state index contributed by atoms with van der Waals surface area (Å²) in [6, 6.07) is 0. The molecule has 0 rings (SSSR count). The van der Waals surface area contributed by atoms with E-state index in [0.717, 1.165) is 14.2 Å². The maximum atomic E-state index is 10.4.